The second-order valence-electron chi connectivity index (χ2n) is 4.41. The van der Waals surface area contributed by atoms with E-state index in [1.807, 2.05) is 6.92 Å². The summed E-state index contributed by atoms with van der Waals surface area (Å²) in [6.07, 6.45) is 1.58. The summed E-state index contributed by atoms with van der Waals surface area (Å²) >= 11 is 0. The van der Waals surface area contributed by atoms with Crippen molar-refractivity contribution in [1.82, 2.24) is 4.98 Å². The van der Waals surface area contributed by atoms with E-state index in [4.69, 9.17) is 15.2 Å². The molecule has 0 radical (unpaired) electrons. The van der Waals surface area contributed by atoms with Gasteiger partial charge in [0, 0.05) is 30.4 Å². The van der Waals surface area contributed by atoms with Gasteiger partial charge in [-0.25, -0.2) is 4.98 Å². The van der Waals surface area contributed by atoms with Crippen molar-refractivity contribution in [2.24, 2.45) is 5.73 Å². The highest BCUT2D eigenvalue weighted by molar-refractivity contribution is 5.51. The van der Waals surface area contributed by atoms with E-state index in [2.05, 4.69) is 4.98 Å². The minimum atomic E-state index is -0.523. The van der Waals surface area contributed by atoms with Crippen LogP contribution in [0.3, 0.4) is 0 Å². The zero-order valence-corrected chi connectivity index (χ0v) is 11.6. The van der Waals surface area contributed by atoms with Crippen molar-refractivity contribution >= 4 is 5.69 Å². The second-order valence-corrected chi connectivity index (χ2v) is 4.41. The zero-order chi connectivity index (χ0) is 15.4. The van der Waals surface area contributed by atoms with Gasteiger partial charge in [0.25, 0.3) is 0 Å². The van der Waals surface area contributed by atoms with Gasteiger partial charge in [0.2, 0.25) is 11.6 Å². The quantitative estimate of drug-likeness (QED) is 0.671. The Morgan fingerprint density at radius 1 is 1.33 bits per heavy atom. The highest BCUT2D eigenvalue weighted by atomic mass is 16.6. The normalized spacial score (nSPS) is 11.8. The minimum absolute atomic E-state index is 0.0698. The average molecular weight is 289 g/mol. The van der Waals surface area contributed by atoms with E-state index in [9.17, 15) is 10.1 Å². The van der Waals surface area contributed by atoms with E-state index >= 15 is 0 Å². The highest BCUT2D eigenvalue weighted by Crippen LogP contribution is 2.34. The fraction of sp³-hybridized carbons (Fsp3) is 0.214. The minimum Gasteiger partial charge on any atom is -0.497 e. The summed E-state index contributed by atoms with van der Waals surface area (Å²) in [7, 11) is 1.47. The lowest BCUT2D eigenvalue weighted by Crippen LogP contribution is -2.05. The molecule has 7 nitrogen and oxygen atoms in total. The number of nitrogens with zero attached hydrogens (tertiary/aromatic N) is 2. The molecule has 1 aromatic carbocycles. The van der Waals surface area contributed by atoms with Crippen LogP contribution in [0.15, 0.2) is 36.5 Å². The Kier molecular flexibility index (Phi) is 4.34. The molecular formula is C14H15N3O4. The number of benzene rings is 1. The molecule has 0 unspecified atom stereocenters. The maximum Gasteiger partial charge on any atom is 0.311 e. The van der Waals surface area contributed by atoms with E-state index in [1.54, 1.807) is 18.3 Å². The van der Waals surface area contributed by atoms with Crippen LogP contribution in [-0.4, -0.2) is 17.0 Å². The lowest BCUT2D eigenvalue weighted by atomic mass is 10.2. The number of nitro benzene ring substituents is 1. The number of rotatable bonds is 5. The molecule has 0 aliphatic rings. The Hall–Kier alpha value is -2.67. The molecular weight excluding hydrogens is 274 g/mol. The number of methoxy groups -OCH3 is 1. The Morgan fingerprint density at radius 3 is 2.62 bits per heavy atom. The van der Waals surface area contributed by atoms with E-state index < -0.39 is 4.92 Å². The average Bonchev–Trinajstić information content (AvgIpc) is 2.47. The monoisotopic (exact) mass is 289 g/mol. The molecule has 7 heteroatoms. The van der Waals surface area contributed by atoms with Gasteiger partial charge in [-0.2, -0.15) is 0 Å². The lowest BCUT2D eigenvalue weighted by Gasteiger charge is -2.09. The molecule has 0 aliphatic heterocycles. The molecule has 0 fully saturated rings. The van der Waals surface area contributed by atoms with E-state index in [-0.39, 0.29) is 23.4 Å². The van der Waals surface area contributed by atoms with Gasteiger partial charge >= 0.3 is 5.69 Å². The lowest BCUT2D eigenvalue weighted by molar-refractivity contribution is -0.385. The number of nitrogens with two attached hydrogens (primary N) is 1. The Balaban J connectivity index is 2.31. The number of nitro groups is 1. The summed E-state index contributed by atoms with van der Waals surface area (Å²) in [6, 6.07) is 7.50. The fourth-order valence-corrected chi connectivity index (χ4v) is 1.69. The molecule has 2 rings (SSSR count). The molecule has 0 saturated heterocycles. The number of pyridine rings is 1. The highest BCUT2D eigenvalue weighted by Gasteiger charge is 2.17. The van der Waals surface area contributed by atoms with Crippen molar-refractivity contribution in [2.45, 2.75) is 13.0 Å². The molecule has 2 aromatic rings. The van der Waals surface area contributed by atoms with Crippen LogP contribution in [0.2, 0.25) is 0 Å². The van der Waals surface area contributed by atoms with Gasteiger partial charge < -0.3 is 15.2 Å². The smallest absolute Gasteiger partial charge is 0.311 e. The van der Waals surface area contributed by atoms with Crippen LogP contribution in [0.1, 0.15) is 18.5 Å². The molecule has 1 heterocycles. The third-order valence-corrected chi connectivity index (χ3v) is 2.86. The van der Waals surface area contributed by atoms with Gasteiger partial charge in [0.05, 0.1) is 12.0 Å². The molecule has 1 atom stereocenters. The first kappa shape index (κ1) is 14.7. The first-order valence-corrected chi connectivity index (χ1v) is 6.23. The van der Waals surface area contributed by atoms with Crippen molar-refractivity contribution < 1.29 is 14.4 Å². The topological polar surface area (TPSA) is 101 Å². The Morgan fingerprint density at radius 2 is 2.10 bits per heavy atom. The van der Waals surface area contributed by atoms with E-state index in [0.717, 1.165) is 5.56 Å². The summed E-state index contributed by atoms with van der Waals surface area (Å²) < 4.78 is 10.5. The number of ether oxygens (including phenoxy) is 2. The van der Waals surface area contributed by atoms with Crippen molar-refractivity contribution in [3.05, 3.63) is 52.2 Å². The van der Waals surface area contributed by atoms with Crippen molar-refractivity contribution in [3.63, 3.8) is 0 Å². The molecule has 0 amide bonds. The first-order chi connectivity index (χ1) is 10.0. The number of aromatic nitrogens is 1. The van der Waals surface area contributed by atoms with Gasteiger partial charge in [-0.3, -0.25) is 10.1 Å². The largest absolute Gasteiger partial charge is 0.497 e. The van der Waals surface area contributed by atoms with Crippen LogP contribution in [0, 0.1) is 10.1 Å². The van der Waals surface area contributed by atoms with Crippen LogP contribution in [0.25, 0.3) is 0 Å². The maximum atomic E-state index is 11.0. The predicted molar refractivity (Wildman–Crippen MR) is 76.6 cm³/mol. The summed E-state index contributed by atoms with van der Waals surface area (Å²) in [5.41, 5.74) is 6.42. The van der Waals surface area contributed by atoms with Crippen molar-refractivity contribution in [3.8, 4) is 17.4 Å². The van der Waals surface area contributed by atoms with Crippen molar-refractivity contribution in [1.29, 1.82) is 0 Å². The summed E-state index contributed by atoms with van der Waals surface area (Å²) in [5.74, 6) is 0.777. The summed E-state index contributed by atoms with van der Waals surface area (Å²) in [4.78, 5) is 14.6. The first-order valence-electron chi connectivity index (χ1n) is 6.23. The Labute approximate surface area is 121 Å². The second kappa shape index (κ2) is 6.19. The van der Waals surface area contributed by atoms with Gasteiger partial charge in [0.1, 0.15) is 5.75 Å². The van der Waals surface area contributed by atoms with E-state index in [1.165, 1.54) is 25.3 Å². The van der Waals surface area contributed by atoms with Crippen LogP contribution in [0.5, 0.6) is 17.4 Å². The number of hydrogen-bond acceptors (Lipinski definition) is 6. The van der Waals surface area contributed by atoms with Crippen LogP contribution in [0.4, 0.5) is 5.69 Å². The standard InChI is InChI=1S/C14H15N3O4/c1-9(15)10-3-6-14(16-8-10)21-13-7-11(20-2)4-5-12(13)17(18)19/h3-9H,15H2,1-2H3/t9-/m1/s1. The SMILES string of the molecule is COc1ccc([N+](=O)[O-])c(Oc2ccc([C@@H](C)N)cn2)c1. The third-order valence-electron chi connectivity index (χ3n) is 2.86. The van der Waals surface area contributed by atoms with Gasteiger partial charge in [-0.15, -0.1) is 0 Å². The molecule has 1 aromatic heterocycles. The van der Waals surface area contributed by atoms with Gasteiger partial charge in [-0.05, 0) is 18.6 Å². The molecule has 2 N–H and O–H groups in total. The fourth-order valence-electron chi connectivity index (χ4n) is 1.69. The molecule has 21 heavy (non-hydrogen) atoms. The molecule has 110 valence electrons. The van der Waals surface area contributed by atoms with Crippen LogP contribution < -0.4 is 15.2 Å². The molecule has 0 saturated carbocycles. The summed E-state index contributed by atoms with van der Waals surface area (Å²) in [5, 5.41) is 11.0. The Bertz CT molecular complexity index is 641. The molecule has 0 spiro atoms. The third kappa shape index (κ3) is 3.46. The van der Waals surface area contributed by atoms with Crippen molar-refractivity contribution in [2.75, 3.05) is 7.11 Å². The number of hydrogen-bond donors (Lipinski definition) is 1. The van der Waals surface area contributed by atoms with Crippen LogP contribution in [-0.2, 0) is 0 Å². The predicted octanol–water partition coefficient (Wildman–Crippen LogP) is 2.81. The van der Waals surface area contributed by atoms with Gasteiger partial charge in [0.15, 0.2) is 0 Å². The maximum absolute atomic E-state index is 11.0. The summed E-state index contributed by atoms with van der Waals surface area (Å²) in [6.45, 7) is 1.84. The molecule has 0 aliphatic carbocycles. The van der Waals surface area contributed by atoms with Gasteiger partial charge in [-0.1, -0.05) is 6.07 Å². The molecule has 0 bridgehead atoms. The van der Waals surface area contributed by atoms with Crippen LogP contribution >= 0.6 is 0 Å². The zero-order valence-electron chi connectivity index (χ0n) is 11.6. The van der Waals surface area contributed by atoms with E-state index in [0.29, 0.717) is 5.75 Å².